The van der Waals surface area contributed by atoms with Gasteiger partial charge in [-0.25, -0.2) is 5.84 Å². The minimum atomic E-state index is -4.32. The Labute approximate surface area is 99.3 Å². The van der Waals surface area contributed by atoms with Crippen molar-refractivity contribution >= 4 is 17.7 Å². The summed E-state index contributed by atoms with van der Waals surface area (Å²) in [7, 11) is 0. The molecule has 0 aromatic heterocycles. The number of nitrogens with two attached hydrogens (primary N) is 1. The first-order chi connectivity index (χ1) is 7.90. The van der Waals surface area contributed by atoms with Crippen LogP contribution in [-0.2, 0) is 4.79 Å². The van der Waals surface area contributed by atoms with Gasteiger partial charge >= 0.3 is 5.51 Å². The lowest BCUT2D eigenvalue weighted by molar-refractivity contribution is -0.123. The van der Waals surface area contributed by atoms with E-state index in [0.717, 1.165) is 0 Å². The summed E-state index contributed by atoms with van der Waals surface area (Å²) in [6.07, 6.45) is 0. The Morgan fingerprint density at radius 3 is 2.41 bits per heavy atom. The second kappa shape index (κ2) is 5.78. The molecule has 0 radical (unpaired) electrons. The molecule has 17 heavy (non-hydrogen) atoms. The molecule has 8 heteroatoms. The third-order valence-corrected chi connectivity index (χ3v) is 2.33. The minimum absolute atomic E-state index is 0.0492. The molecule has 0 saturated carbocycles. The van der Waals surface area contributed by atoms with E-state index in [0.29, 0.717) is 5.75 Å². The van der Waals surface area contributed by atoms with Crippen LogP contribution in [0.4, 0.5) is 13.2 Å². The number of amides is 1. The van der Waals surface area contributed by atoms with E-state index in [1.807, 2.05) is 5.43 Å². The van der Waals surface area contributed by atoms with Crippen molar-refractivity contribution in [1.82, 2.24) is 5.43 Å². The number of halogens is 3. The molecule has 0 aliphatic rings. The van der Waals surface area contributed by atoms with Crippen molar-refractivity contribution in [2.75, 3.05) is 6.61 Å². The first-order valence-electron chi connectivity index (χ1n) is 4.39. The van der Waals surface area contributed by atoms with Gasteiger partial charge in [-0.15, -0.1) is 0 Å². The highest BCUT2D eigenvalue weighted by Gasteiger charge is 2.28. The first kappa shape index (κ1) is 13.7. The predicted molar refractivity (Wildman–Crippen MR) is 56.2 cm³/mol. The Bertz CT molecular complexity index is 381. The Hall–Kier alpha value is -1.41. The molecule has 0 spiro atoms. The van der Waals surface area contributed by atoms with E-state index in [1.165, 1.54) is 24.3 Å². The maximum Gasteiger partial charge on any atom is 0.446 e. The number of carbonyl (C=O) groups is 1. The average molecular weight is 266 g/mol. The summed E-state index contributed by atoms with van der Waals surface area (Å²) in [5.74, 6) is 4.58. The predicted octanol–water partition coefficient (Wildman–Crippen LogP) is 1.67. The molecule has 1 aromatic rings. The molecule has 0 heterocycles. The SMILES string of the molecule is NNC(=O)COc1ccc(SC(F)(F)F)cc1. The molecule has 1 rings (SSSR count). The molecule has 4 nitrogen and oxygen atoms in total. The van der Waals surface area contributed by atoms with Gasteiger partial charge in [0.2, 0.25) is 0 Å². The van der Waals surface area contributed by atoms with E-state index < -0.39 is 11.4 Å². The van der Waals surface area contributed by atoms with Crippen molar-refractivity contribution in [3.8, 4) is 5.75 Å². The zero-order valence-corrected chi connectivity index (χ0v) is 9.27. The standard InChI is InChI=1S/C9H9F3N2O2S/c10-9(11,12)17-7-3-1-6(2-4-7)16-5-8(15)14-13/h1-4H,5,13H2,(H,14,15). The molecule has 3 N–H and O–H groups in total. The van der Waals surface area contributed by atoms with Gasteiger partial charge in [-0.2, -0.15) is 13.2 Å². The largest absolute Gasteiger partial charge is 0.484 e. The second-order valence-corrected chi connectivity index (χ2v) is 4.01. The van der Waals surface area contributed by atoms with Crippen LogP contribution < -0.4 is 16.0 Å². The smallest absolute Gasteiger partial charge is 0.446 e. The lowest BCUT2D eigenvalue weighted by atomic mass is 10.3. The summed E-state index contributed by atoms with van der Waals surface area (Å²) in [6, 6.07) is 5.21. The van der Waals surface area contributed by atoms with Gasteiger partial charge in [-0.3, -0.25) is 10.2 Å². The first-order valence-corrected chi connectivity index (χ1v) is 5.20. The highest BCUT2D eigenvalue weighted by atomic mass is 32.2. The number of nitrogens with one attached hydrogen (secondary N) is 1. The molecular formula is C9H9F3N2O2S. The minimum Gasteiger partial charge on any atom is -0.484 e. The summed E-state index contributed by atoms with van der Waals surface area (Å²) < 4.78 is 41.0. The maximum atomic E-state index is 12.0. The van der Waals surface area contributed by atoms with Crippen molar-refractivity contribution in [1.29, 1.82) is 0 Å². The number of carbonyl (C=O) groups excluding carboxylic acids is 1. The Kier molecular flexibility index (Phi) is 4.64. The fraction of sp³-hybridized carbons (Fsp3) is 0.222. The van der Waals surface area contributed by atoms with Crippen LogP contribution in [0.15, 0.2) is 29.2 Å². The number of hydrogen-bond acceptors (Lipinski definition) is 4. The van der Waals surface area contributed by atoms with Gasteiger partial charge in [0.15, 0.2) is 6.61 Å². The number of rotatable bonds is 4. The van der Waals surface area contributed by atoms with Crippen LogP contribution in [0.2, 0.25) is 0 Å². The van der Waals surface area contributed by atoms with Gasteiger partial charge in [0, 0.05) is 4.90 Å². The molecule has 0 unspecified atom stereocenters. The Morgan fingerprint density at radius 1 is 1.35 bits per heavy atom. The third kappa shape index (κ3) is 5.45. The number of hydrogen-bond donors (Lipinski definition) is 2. The summed E-state index contributed by atoms with van der Waals surface area (Å²) in [5, 5.41) is 0. The van der Waals surface area contributed by atoms with Crippen LogP contribution in [-0.4, -0.2) is 18.0 Å². The van der Waals surface area contributed by atoms with E-state index in [2.05, 4.69) is 0 Å². The van der Waals surface area contributed by atoms with Gasteiger partial charge in [0.05, 0.1) is 0 Å². The number of alkyl halides is 3. The van der Waals surface area contributed by atoms with Crippen LogP contribution in [0.3, 0.4) is 0 Å². The molecular weight excluding hydrogens is 257 g/mol. The molecule has 0 aliphatic carbocycles. The average Bonchev–Trinajstić information content (AvgIpc) is 2.25. The second-order valence-electron chi connectivity index (χ2n) is 2.88. The van der Waals surface area contributed by atoms with Crippen LogP contribution in [0.5, 0.6) is 5.75 Å². The summed E-state index contributed by atoms with van der Waals surface area (Å²) >= 11 is -0.216. The van der Waals surface area contributed by atoms with Gasteiger partial charge in [-0.1, -0.05) is 0 Å². The third-order valence-electron chi connectivity index (χ3n) is 1.59. The van der Waals surface area contributed by atoms with Crippen LogP contribution in [0.1, 0.15) is 0 Å². The zero-order valence-electron chi connectivity index (χ0n) is 8.45. The number of ether oxygens (including phenoxy) is 1. The van der Waals surface area contributed by atoms with Gasteiger partial charge in [0.1, 0.15) is 5.75 Å². The molecule has 0 saturated heterocycles. The quantitative estimate of drug-likeness (QED) is 0.376. The topological polar surface area (TPSA) is 64.3 Å². The van der Waals surface area contributed by atoms with E-state index in [1.54, 1.807) is 0 Å². The zero-order chi connectivity index (χ0) is 12.9. The van der Waals surface area contributed by atoms with Crippen LogP contribution >= 0.6 is 11.8 Å². The number of hydrazine groups is 1. The van der Waals surface area contributed by atoms with E-state index >= 15 is 0 Å². The van der Waals surface area contributed by atoms with E-state index in [9.17, 15) is 18.0 Å². The van der Waals surface area contributed by atoms with Crippen molar-refractivity contribution < 1.29 is 22.7 Å². The Morgan fingerprint density at radius 2 is 1.94 bits per heavy atom. The maximum absolute atomic E-state index is 12.0. The van der Waals surface area contributed by atoms with Gasteiger partial charge in [-0.05, 0) is 36.0 Å². The van der Waals surface area contributed by atoms with E-state index in [-0.39, 0.29) is 23.3 Å². The van der Waals surface area contributed by atoms with Crippen LogP contribution in [0.25, 0.3) is 0 Å². The molecule has 0 bridgehead atoms. The van der Waals surface area contributed by atoms with Crippen molar-refractivity contribution in [3.63, 3.8) is 0 Å². The van der Waals surface area contributed by atoms with Crippen LogP contribution in [0, 0.1) is 0 Å². The molecule has 0 aliphatic heterocycles. The Balaban J connectivity index is 2.53. The van der Waals surface area contributed by atoms with Crippen molar-refractivity contribution in [3.05, 3.63) is 24.3 Å². The lowest BCUT2D eigenvalue weighted by Crippen LogP contribution is -2.34. The monoisotopic (exact) mass is 266 g/mol. The summed E-state index contributed by atoms with van der Waals surface area (Å²) in [4.78, 5) is 10.8. The molecule has 0 atom stereocenters. The molecule has 1 amide bonds. The fourth-order valence-electron chi connectivity index (χ4n) is 0.928. The normalized spacial score (nSPS) is 11.1. The molecule has 1 aromatic carbocycles. The fourth-order valence-corrected chi connectivity index (χ4v) is 1.47. The summed E-state index contributed by atoms with van der Waals surface area (Å²) in [5.41, 5.74) is -2.46. The van der Waals surface area contributed by atoms with Gasteiger partial charge in [0.25, 0.3) is 5.91 Å². The molecule has 94 valence electrons. The van der Waals surface area contributed by atoms with E-state index in [4.69, 9.17) is 10.6 Å². The highest BCUT2D eigenvalue weighted by molar-refractivity contribution is 8.00. The van der Waals surface area contributed by atoms with Crippen molar-refractivity contribution in [2.45, 2.75) is 10.4 Å². The highest BCUT2D eigenvalue weighted by Crippen LogP contribution is 2.37. The summed E-state index contributed by atoms with van der Waals surface area (Å²) in [6.45, 7) is -0.289. The number of benzene rings is 1. The van der Waals surface area contributed by atoms with Gasteiger partial charge < -0.3 is 4.74 Å². The lowest BCUT2D eigenvalue weighted by Gasteiger charge is -2.07. The molecule has 0 fully saturated rings. The van der Waals surface area contributed by atoms with Crippen molar-refractivity contribution in [2.24, 2.45) is 5.84 Å². The number of thioether (sulfide) groups is 1.